The van der Waals surface area contributed by atoms with Gasteiger partial charge in [-0.3, -0.25) is 5.32 Å². The molecule has 1 heterocycles. The molecule has 0 saturated carbocycles. The highest BCUT2D eigenvalue weighted by molar-refractivity contribution is 7.80. The van der Waals surface area contributed by atoms with Crippen molar-refractivity contribution in [1.29, 1.82) is 0 Å². The molecule has 0 spiro atoms. The lowest BCUT2D eigenvalue weighted by molar-refractivity contribution is 0.253. The van der Waals surface area contributed by atoms with E-state index >= 15 is 0 Å². The van der Waals surface area contributed by atoms with Gasteiger partial charge >= 0.3 is 0 Å². The fourth-order valence-electron chi connectivity index (χ4n) is 2.51. The Morgan fingerprint density at radius 3 is 2.18 bits per heavy atom. The minimum atomic E-state index is -0.0702. The summed E-state index contributed by atoms with van der Waals surface area (Å²) >= 11 is 5.37. The number of nitrogens with one attached hydrogen (secondary N) is 2. The summed E-state index contributed by atoms with van der Waals surface area (Å²) in [5.74, 6) is 0. The van der Waals surface area contributed by atoms with E-state index in [1.165, 1.54) is 13.0 Å². The van der Waals surface area contributed by atoms with Gasteiger partial charge in [-0.1, -0.05) is 26.1 Å². The van der Waals surface area contributed by atoms with Gasteiger partial charge in [0, 0.05) is 0 Å². The van der Waals surface area contributed by atoms with E-state index in [0.29, 0.717) is 0 Å². The molecular weight excluding hydrogens is 230 g/mol. The first-order valence-corrected chi connectivity index (χ1v) is 7.08. The Morgan fingerprint density at radius 1 is 1.18 bits per heavy atom. The van der Waals surface area contributed by atoms with Crippen LogP contribution in [0.15, 0.2) is 0 Å². The Bertz CT molecular complexity index is 274. The maximum absolute atomic E-state index is 5.37. The molecule has 2 N–H and O–H groups in total. The standard InChI is InChI=1S/C13H27N3S/c1-6-16(7-2)10-8-9-13(5)14-11(17)12(3,4)15-13/h15H,6-10H2,1-5H3,(H,14,17). The van der Waals surface area contributed by atoms with Crippen molar-refractivity contribution >= 4 is 17.2 Å². The Balaban J connectivity index is 2.40. The zero-order chi connectivity index (χ0) is 13.1. The van der Waals surface area contributed by atoms with E-state index < -0.39 is 0 Å². The molecule has 1 aliphatic rings. The van der Waals surface area contributed by atoms with Crippen LogP contribution in [0.1, 0.15) is 47.5 Å². The molecule has 100 valence electrons. The molecule has 0 aromatic carbocycles. The summed E-state index contributed by atoms with van der Waals surface area (Å²) in [6.45, 7) is 14.4. The quantitative estimate of drug-likeness (QED) is 0.713. The van der Waals surface area contributed by atoms with E-state index in [-0.39, 0.29) is 11.2 Å². The normalized spacial score (nSPS) is 27.5. The predicted octanol–water partition coefficient (Wildman–Crippen LogP) is 2.12. The SMILES string of the molecule is CCN(CC)CCCC1(C)NC(=S)C(C)(C)N1. The van der Waals surface area contributed by atoms with Gasteiger partial charge in [0.15, 0.2) is 0 Å². The fraction of sp³-hybridized carbons (Fsp3) is 0.923. The Labute approximate surface area is 111 Å². The largest absolute Gasteiger partial charge is 0.360 e. The van der Waals surface area contributed by atoms with E-state index in [1.807, 2.05) is 0 Å². The van der Waals surface area contributed by atoms with Crippen molar-refractivity contribution in [3.05, 3.63) is 0 Å². The maximum atomic E-state index is 5.37. The number of thiocarbonyl (C=S) groups is 1. The zero-order valence-corrected chi connectivity index (χ0v) is 12.7. The number of nitrogens with zero attached hydrogens (tertiary/aromatic N) is 1. The number of rotatable bonds is 6. The summed E-state index contributed by atoms with van der Waals surface area (Å²) in [5.41, 5.74) is -0.104. The van der Waals surface area contributed by atoms with E-state index in [2.05, 4.69) is 50.2 Å². The average Bonchev–Trinajstić information content (AvgIpc) is 2.43. The molecule has 17 heavy (non-hydrogen) atoms. The van der Waals surface area contributed by atoms with Crippen molar-refractivity contribution < 1.29 is 0 Å². The number of hydrogen-bond acceptors (Lipinski definition) is 3. The van der Waals surface area contributed by atoms with Crippen LogP contribution >= 0.6 is 12.2 Å². The molecule has 0 bridgehead atoms. The fourth-order valence-corrected chi connectivity index (χ4v) is 2.78. The molecule has 0 aromatic heterocycles. The molecule has 0 amide bonds. The molecule has 3 nitrogen and oxygen atoms in total. The van der Waals surface area contributed by atoms with Crippen molar-refractivity contribution in [3.63, 3.8) is 0 Å². The Kier molecular flexibility index (Phi) is 4.93. The van der Waals surface area contributed by atoms with Gasteiger partial charge in [0.25, 0.3) is 0 Å². The molecule has 1 rings (SSSR count). The van der Waals surface area contributed by atoms with Gasteiger partial charge in [-0.15, -0.1) is 0 Å². The van der Waals surface area contributed by atoms with Crippen LogP contribution in [0.2, 0.25) is 0 Å². The Morgan fingerprint density at radius 2 is 1.76 bits per heavy atom. The average molecular weight is 257 g/mol. The van der Waals surface area contributed by atoms with E-state index in [1.54, 1.807) is 0 Å². The molecule has 0 aromatic rings. The second-order valence-electron chi connectivity index (χ2n) is 5.67. The van der Waals surface area contributed by atoms with Crippen LogP contribution in [0.4, 0.5) is 0 Å². The van der Waals surface area contributed by atoms with Crippen LogP contribution in [-0.4, -0.2) is 40.7 Å². The van der Waals surface area contributed by atoms with Crippen LogP contribution in [0.25, 0.3) is 0 Å². The van der Waals surface area contributed by atoms with Gasteiger partial charge in [-0.05, 0) is 53.2 Å². The summed E-state index contributed by atoms with van der Waals surface area (Å²) < 4.78 is 0. The summed E-state index contributed by atoms with van der Waals surface area (Å²) in [6, 6.07) is 0. The van der Waals surface area contributed by atoms with Crippen LogP contribution in [-0.2, 0) is 0 Å². The topological polar surface area (TPSA) is 27.3 Å². The lowest BCUT2D eigenvalue weighted by Gasteiger charge is -2.28. The molecule has 1 unspecified atom stereocenters. The number of hydrogen-bond donors (Lipinski definition) is 2. The van der Waals surface area contributed by atoms with Crippen LogP contribution in [0.5, 0.6) is 0 Å². The van der Waals surface area contributed by atoms with Crippen LogP contribution < -0.4 is 10.6 Å². The van der Waals surface area contributed by atoms with Gasteiger partial charge in [-0.25, -0.2) is 0 Å². The molecular formula is C13H27N3S. The van der Waals surface area contributed by atoms with E-state index in [4.69, 9.17) is 12.2 Å². The van der Waals surface area contributed by atoms with Gasteiger partial charge in [0.2, 0.25) is 0 Å². The first kappa shape index (κ1) is 14.9. The second-order valence-corrected chi connectivity index (χ2v) is 6.07. The third kappa shape index (κ3) is 3.90. The van der Waals surface area contributed by atoms with Crippen molar-refractivity contribution in [2.75, 3.05) is 19.6 Å². The molecule has 1 saturated heterocycles. The summed E-state index contributed by atoms with van der Waals surface area (Å²) in [6.07, 6.45) is 2.30. The van der Waals surface area contributed by atoms with Gasteiger partial charge in [0.1, 0.15) is 0 Å². The highest BCUT2D eigenvalue weighted by Gasteiger charge is 2.41. The molecule has 1 aliphatic heterocycles. The highest BCUT2D eigenvalue weighted by atomic mass is 32.1. The summed E-state index contributed by atoms with van der Waals surface area (Å²) in [4.78, 5) is 3.39. The van der Waals surface area contributed by atoms with Gasteiger partial charge < -0.3 is 10.2 Å². The first-order valence-electron chi connectivity index (χ1n) is 6.67. The molecule has 0 aliphatic carbocycles. The monoisotopic (exact) mass is 257 g/mol. The van der Waals surface area contributed by atoms with E-state index in [9.17, 15) is 0 Å². The van der Waals surface area contributed by atoms with Crippen LogP contribution in [0.3, 0.4) is 0 Å². The lowest BCUT2D eigenvalue weighted by Crippen LogP contribution is -2.49. The second kappa shape index (κ2) is 5.63. The minimum Gasteiger partial charge on any atom is -0.360 e. The predicted molar refractivity (Wildman–Crippen MR) is 78.4 cm³/mol. The van der Waals surface area contributed by atoms with E-state index in [0.717, 1.165) is 24.5 Å². The Hall–Kier alpha value is -0.190. The zero-order valence-electron chi connectivity index (χ0n) is 11.9. The molecule has 1 fully saturated rings. The molecule has 0 radical (unpaired) electrons. The summed E-state index contributed by atoms with van der Waals surface area (Å²) in [5, 5.41) is 7.03. The lowest BCUT2D eigenvalue weighted by atomic mass is 10.0. The first-order chi connectivity index (χ1) is 7.83. The van der Waals surface area contributed by atoms with Crippen molar-refractivity contribution in [1.82, 2.24) is 15.5 Å². The van der Waals surface area contributed by atoms with Crippen molar-refractivity contribution in [3.8, 4) is 0 Å². The van der Waals surface area contributed by atoms with Gasteiger partial charge in [0.05, 0.1) is 16.2 Å². The summed E-state index contributed by atoms with van der Waals surface area (Å²) in [7, 11) is 0. The highest BCUT2D eigenvalue weighted by Crippen LogP contribution is 2.23. The maximum Gasteiger partial charge on any atom is 0.0966 e. The van der Waals surface area contributed by atoms with Crippen molar-refractivity contribution in [2.24, 2.45) is 0 Å². The third-order valence-electron chi connectivity index (χ3n) is 3.59. The smallest absolute Gasteiger partial charge is 0.0966 e. The molecule has 1 atom stereocenters. The third-order valence-corrected chi connectivity index (χ3v) is 4.20. The van der Waals surface area contributed by atoms with Crippen molar-refractivity contribution in [2.45, 2.75) is 58.7 Å². The molecule has 4 heteroatoms. The minimum absolute atomic E-state index is 0.0340. The van der Waals surface area contributed by atoms with Gasteiger partial charge in [-0.2, -0.15) is 0 Å². The van der Waals surface area contributed by atoms with Crippen LogP contribution in [0, 0.1) is 0 Å².